The fourth-order valence-electron chi connectivity index (χ4n) is 3.49. The van der Waals surface area contributed by atoms with Gasteiger partial charge in [0.05, 0.1) is 23.2 Å². The zero-order chi connectivity index (χ0) is 21.1. The third-order valence-electron chi connectivity index (χ3n) is 4.98. The van der Waals surface area contributed by atoms with E-state index >= 15 is 0 Å². The summed E-state index contributed by atoms with van der Waals surface area (Å²) >= 11 is 18.1. The van der Waals surface area contributed by atoms with E-state index in [0.29, 0.717) is 45.6 Å². The molecule has 0 spiro atoms. The first-order chi connectivity index (χ1) is 14.5. The second-order valence-corrected chi connectivity index (χ2v) is 8.49. The molecule has 1 aliphatic rings. The molecule has 0 radical (unpaired) electrons. The van der Waals surface area contributed by atoms with E-state index in [1.807, 2.05) is 12.1 Å². The van der Waals surface area contributed by atoms with Crippen LogP contribution in [-0.2, 0) is 11.3 Å². The molecule has 0 aliphatic carbocycles. The number of amides is 1. The predicted octanol–water partition coefficient (Wildman–Crippen LogP) is 5.55. The maximum Gasteiger partial charge on any atom is 0.241 e. The Morgan fingerprint density at radius 1 is 1.17 bits per heavy atom. The van der Waals surface area contributed by atoms with Crippen LogP contribution in [0.3, 0.4) is 0 Å². The SMILES string of the molecule is O=C(Nc1ccc(Cl)cc1Cl)C1CCCN(Cc2nc(-c3cccc(Cl)c3)no2)C1. The van der Waals surface area contributed by atoms with Gasteiger partial charge in [0, 0.05) is 22.2 Å². The highest BCUT2D eigenvalue weighted by atomic mass is 35.5. The Bertz CT molecular complexity index is 1060. The monoisotopic (exact) mass is 464 g/mol. The topological polar surface area (TPSA) is 71.3 Å². The molecule has 2 heterocycles. The Hall–Kier alpha value is -2.12. The number of carbonyl (C=O) groups excluding carboxylic acids is 1. The normalized spacial score (nSPS) is 17.1. The lowest BCUT2D eigenvalue weighted by Gasteiger charge is -2.30. The molecule has 1 N–H and O–H groups in total. The molecule has 1 amide bonds. The van der Waals surface area contributed by atoms with Crippen molar-refractivity contribution >= 4 is 46.4 Å². The van der Waals surface area contributed by atoms with Gasteiger partial charge in [-0.25, -0.2) is 0 Å². The number of hydrogen-bond acceptors (Lipinski definition) is 5. The van der Waals surface area contributed by atoms with E-state index < -0.39 is 0 Å². The molecule has 4 rings (SSSR count). The first-order valence-electron chi connectivity index (χ1n) is 9.55. The van der Waals surface area contributed by atoms with Crippen LogP contribution in [0.2, 0.25) is 15.1 Å². The summed E-state index contributed by atoms with van der Waals surface area (Å²) in [5.74, 6) is 0.790. The smallest absolute Gasteiger partial charge is 0.241 e. The first kappa shape index (κ1) is 21.1. The Labute approximate surface area is 189 Å². The number of likely N-dealkylation sites (tertiary alicyclic amines) is 1. The van der Waals surface area contributed by atoms with E-state index in [9.17, 15) is 4.79 Å². The van der Waals surface area contributed by atoms with E-state index in [2.05, 4.69) is 20.4 Å². The molecule has 6 nitrogen and oxygen atoms in total. The number of nitrogens with zero attached hydrogens (tertiary/aromatic N) is 3. The fraction of sp³-hybridized carbons (Fsp3) is 0.286. The second-order valence-electron chi connectivity index (χ2n) is 7.21. The number of piperidine rings is 1. The van der Waals surface area contributed by atoms with E-state index in [1.54, 1.807) is 30.3 Å². The van der Waals surface area contributed by atoms with E-state index in [1.165, 1.54) is 0 Å². The summed E-state index contributed by atoms with van der Waals surface area (Å²) in [6.45, 7) is 1.95. The summed E-state index contributed by atoms with van der Waals surface area (Å²) in [5, 5.41) is 8.51. The van der Waals surface area contributed by atoms with Gasteiger partial charge in [-0.2, -0.15) is 4.98 Å². The molecule has 156 valence electrons. The number of halogens is 3. The highest BCUT2D eigenvalue weighted by molar-refractivity contribution is 6.36. The largest absolute Gasteiger partial charge is 0.338 e. The molecule has 0 saturated carbocycles. The van der Waals surface area contributed by atoms with Crippen molar-refractivity contribution < 1.29 is 9.32 Å². The minimum atomic E-state index is -0.152. The van der Waals surface area contributed by atoms with Crippen LogP contribution >= 0.6 is 34.8 Å². The molecule has 9 heteroatoms. The van der Waals surface area contributed by atoms with Crippen LogP contribution in [0.25, 0.3) is 11.4 Å². The number of anilines is 1. The molecular formula is C21H19Cl3N4O2. The van der Waals surface area contributed by atoms with Crippen LogP contribution < -0.4 is 5.32 Å². The van der Waals surface area contributed by atoms with Gasteiger partial charge >= 0.3 is 0 Å². The highest BCUT2D eigenvalue weighted by Crippen LogP contribution is 2.27. The lowest BCUT2D eigenvalue weighted by atomic mass is 9.97. The fourth-order valence-corrected chi connectivity index (χ4v) is 4.14. The number of hydrogen-bond donors (Lipinski definition) is 1. The predicted molar refractivity (Wildman–Crippen MR) is 118 cm³/mol. The summed E-state index contributed by atoms with van der Waals surface area (Å²) in [6.07, 6.45) is 1.72. The number of aromatic nitrogens is 2. The summed E-state index contributed by atoms with van der Waals surface area (Å²) in [6, 6.07) is 12.3. The molecule has 30 heavy (non-hydrogen) atoms. The van der Waals surface area contributed by atoms with Gasteiger partial charge in [-0.15, -0.1) is 0 Å². The molecule has 1 fully saturated rings. The number of benzene rings is 2. The van der Waals surface area contributed by atoms with Gasteiger partial charge in [0.1, 0.15) is 0 Å². The Morgan fingerprint density at radius 3 is 2.80 bits per heavy atom. The highest BCUT2D eigenvalue weighted by Gasteiger charge is 2.27. The van der Waals surface area contributed by atoms with E-state index in [4.69, 9.17) is 39.3 Å². The molecule has 2 aromatic carbocycles. The molecule has 0 bridgehead atoms. The van der Waals surface area contributed by atoms with Gasteiger partial charge in [0.2, 0.25) is 17.6 Å². The summed E-state index contributed by atoms with van der Waals surface area (Å²) in [4.78, 5) is 19.3. The van der Waals surface area contributed by atoms with Gasteiger partial charge in [0.15, 0.2) is 0 Å². The van der Waals surface area contributed by atoms with Crippen molar-refractivity contribution in [3.63, 3.8) is 0 Å². The second kappa shape index (κ2) is 9.35. The third kappa shape index (κ3) is 5.13. The molecule has 3 aromatic rings. The number of rotatable bonds is 5. The minimum Gasteiger partial charge on any atom is -0.338 e. The van der Waals surface area contributed by atoms with Crippen LogP contribution in [0.15, 0.2) is 47.0 Å². The quantitative estimate of drug-likeness (QED) is 0.535. The van der Waals surface area contributed by atoms with Crippen molar-refractivity contribution in [2.24, 2.45) is 5.92 Å². The zero-order valence-electron chi connectivity index (χ0n) is 15.9. The standard InChI is InChI=1S/C21H19Cl3N4O2/c22-15-5-1-3-13(9-15)20-26-19(30-27-20)12-28-8-2-4-14(11-28)21(29)25-18-7-6-16(23)10-17(18)24/h1,3,5-7,9-10,14H,2,4,8,11-12H2,(H,25,29). The maximum absolute atomic E-state index is 12.7. The van der Waals surface area contributed by atoms with Crippen molar-refractivity contribution in [1.82, 2.24) is 15.0 Å². The van der Waals surface area contributed by atoms with Crippen molar-refractivity contribution in [2.75, 3.05) is 18.4 Å². The number of nitrogens with one attached hydrogen (secondary N) is 1. The van der Waals surface area contributed by atoms with Crippen molar-refractivity contribution in [3.8, 4) is 11.4 Å². The van der Waals surface area contributed by atoms with Crippen molar-refractivity contribution in [3.05, 3.63) is 63.4 Å². The van der Waals surface area contributed by atoms with Crippen LogP contribution in [0, 0.1) is 5.92 Å². The van der Waals surface area contributed by atoms with Gasteiger partial charge < -0.3 is 9.84 Å². The summed E-state index contributed by atoms with van der Waals surface area (Å²) in [7, 11) is 0. The lowest BCUT2D eigenvalue weighted by Crippen LogP contribution is -2.40. The number of carbonyl (C=O) groups is 1. The average Bonchev–Trinajstić information content (AvgIpc) is 3.19. The minimum absolute atomic E-state index is 0.0610. The van der Waals surface area contributed by atoms with Crippen molar-refractivity contribution in [1.29, 1.82) is 0 Å². The average molecular weight is 466 g/mol. The van der Waals surface area contributed by atoms with E-state index in [-0.39, 0.29) is 11.8 Å². The molecule has 1 atom stereocenters. The van der Waals surface area contributed by atoms with Gasteiger partial charge in [-0.05, 0) is 49.7 Å². The molecule has 1 aliphatic heterocycles. The van der Waals surface area contributed by atoms with Crippen LogP contribution in [-0.4, -0.2) is 34.0 Å². The Balaban J connectivity index is 1.38. The van der Waals surface area contributed by atoms with Gasteiger partial charge in [-0.1, -0.05) is 52.1 Å². The van der Waals surface area contributed by atoms with Crippen LogP contribution in [0.5, 0.6) is 0 Å². The summed E-state index contributed by atoms with van der Waals surface area (Å²) in [5.41, 5.74) is 1.36. The first-order valence-corrected chi connectivity index (χ1v) is 10.7. The Kier molecular flexibility index (Phi) is 6.58. The van der Waals surface area contributed by atoms with E-state index in [0.717, 1.165) is 24.9 Å². The van der Waals surface area contributed by atoms with Crippen molar-refractivity contribution in [2.45, 2.75) is 19.4 Å². The Morgan fingerprint density at radius 2 is 2.00 bits per heavy atom. The molecule has 1 saturated heterocycles. The van der Waals surface area contributed by atoms with Crippen LogP contribution in [0.4, 0.5) is 5.69 Å². The van der Waals surface area contributed by atoms with Gasteiger partial charge in [-0.3, -0.25) is 9.69 Å². The third-order valence-corrected chi connectivity index (χ3v) is 5.76. The van der Waals surface area contributed by atoms with Gasteiger partial charge in [0.25, 0.3) is 0 Å². The molecule has 1 aromatic heterocycles. The maximum atomic E-state index is 12.7. The van der Waals surface area contributed by atoms with Crippen LogP contribution in [0.1, 0.15) is 18.7 Å². The summed E-state index contributed by atoms with van der Waals surface area (Å²) < 4.78 is 5.40. The molecular weight excluding hydrogens is 447 g/mol. The zero-order valence-corrected chi connectivity index (χ0v) is 18.2. The molecule has 1 unspecified atom stereocenters. The lowest BCUT2D eigenvalue weighted by molar-refractivity contribution is -0.121.